The summed E-state index contributed by atoms with van der Waals surface area (Å²) in [5.74, 6) is 2.41. The van der Waals surface area contributed by atoms with Gasteiger partial charge in [-0.3, -0.25) is 9.80 Å². The maximum Gasteiger partial charge on any atom is 0.119 e. The molecule has 1 saturated heterocycles. The number of methoxy groups -OCH3 is 1. The van der Waals surface area contributed by atoms with Crippen molar-refractivity contribution in [2.45, 2.75) is 31.9 Å². The van der Waals surface area contributed by atoms with Crippen molar-refractivity contribution in [3.05, 3.63) is 54.1 Å². The van der Waals surface area contributed by atoms with Gasteiger partial charge in [-0.1, -0.05) is 18.6 Å². The van der Waals surface area contributed by atoms with Gasteiger partial charge in [0.05, 0.1) is 7.11 Å². The van der Waals surface area contributed by atoms with Crippen LogP contribution in [0.4, 0.5) is 0 Å². The Labute approximate surface area is 186 Å². The Bertz CT molecular complexity index is 762. The fourth-order valence-electron chi connectivity index (χ4n) is 3.86. The van der Waals surface area contributed by atoms with Crippen LogP contribution in [-0.2, 0) is 6.54 Å². The Balaban J connectivity index is 1.37. The molecule has 1 fully saturated rings. The third-order valence-electron chi connectivity index (χ3n) is 5.50. The van der Waals surface area contributed by atoms with E-state index in [-0.39, 0.29) is 6.61 Å². The van der Waals surface area contributed by atoms with Gasteiger partial charge in [0.25, 0.3) is 0 Å². The van der Waals surface area contributed by atoms with Gasteiger partial charge in [-0.05, 0) is 74.9 Å². The standard InChI is InChI=1S/C25H36N2O4/c1-26(19-22(28)20-31-24-11-9-23(29-2)10-12-24)18-21-7-6-8-25(17-21)30-16-15-27-13-4-3-5-14-27/h6-12,17,22,28H,3-5,13-16,18-20H2,1-2H3/t22-/m1/s1. The van der Waals surface area contributed by atoms with Crippen LogP contribution < -0.4 is 14.2 Å². The molecule has 1 atom stereocenters. The summed E-state index contributed by atoms with van der Waals surface area (Å²) in [7, 11) is 3.63. The van der Waals surface area contributed by atoms with Crippen molar-refractivity contribution in [1.29, 1.82) is 0 Å². The molecule has 0 radical (unpaired) electrons. The molecule has 3 rings (SSSR count). The Hall–Kier alpha value is -2.28. The predicted molar refractivity (Wildman–Crippen MR) is 123 cm³/mol. The van der Waals surface area contributed by atoms with Gasteiger partial charge in [0.15, 0.2) is 0 Å². The second-order valence-electron chi connectivity index (χ2n) is 8.24. The molecule has 0 unspecified atom stereocenters. The fraction of sp³-hybridized carbons (Fsp3) is 0.520. The number of rotatable bonds is 12. The zero-order valence-electron chi connectivity index (χ0n) is 18.8. The largest absolute Gasteiger partial charge is 0.497 e. The summed E-state index contributed by atoms with van der Waals surface area (Å²) in [4.78, 5) is 4.57. The number of piperidine rings is 1. The lowest BCUT2D eigenvalue weighted by atomic mass is 10.1. The molecule has 2 aromatic rings. The van der Waals surface area contributed by atoms with Crippen molar-refractivity contribution < 1.29 is 19.3 Å². The molecule has 1 aliphatic rings. The van der Waals surface area contributed by atoms with E-state index in [0.717, 1.165) is 36.9 Å². The molecule has 170 valence electrons. The summed E-state index contributed by atoms with van der Waals surface area (Å²) >= 11 is 0. The number of aliphatic hydroxyl groups is 1. The Morgan fingerprint density at radius 3 is 2.45 bits per heavy atom. The van der Waals surface area contributed by atoms with Gasteiger partial charge in [-0.2, -0.15) is 0 Å². The van der Waals surface area contributed by atoms with Crippen LogP contribution in [0.1, 0.15) is 24.8 Å². The van der Waals surface area contributed by atoms with Crippen LogP contribution in [0.2, 0.25) is 0 Å². The average Bonchev–Trinajstić information content (AvgIpc) is 2.79. The van der Waals surface area contributed by atoms with Gasteiger partial charge >= 0.3 is 0 Å². The van der Waals surface area contributed by atoms with E-state index in [1.807, 2.05) is 43.4 Å². The predicted octanol–water partition coefficient (Wildman–Crippen LogP) is 3.43. The molecule has 1 N–H and O–H groups in total. The van der Waals surface area contributed by atoms with Crippen molar-refractivity contribution in [3.8, 4) is 17.2 Å². The lowest BCUT2D eigenvalue weighted by Gasteiger charge is -2.26. The molecule has 1 heterocycles. The molecule has 0 spiro atoms. The number of aliphatic hydroxyl groups excluding tert-OH is 1. The zero-order chi connectivity index (χ0) is 21.9. The highest BCUT2D eigenvalue weighted by molar-refractivity contribution is 5.31. The minimum absolute atomic E-state index is 0.246. The van der Waals surface area contributed by atoms with Crippen molar-refractivity contribution in [3.63, 3.8) is 0 Å². The molecule has 0 aliphatic carbocycles. The second-order valence-corrected chi connectivity index (χ2v) is 8.24. The van der Waals surface area contributed by atoms with Crippen molar-refractivity contribution in [2.75, 3.05) is 53.6 Å². The minimum atomic E-state index is -0.573. The molecule has 0 bridgehead atoms. The Morgan fingerprint density at radius 2 is 1.71 bits per heavy atom. The summed E-state index contributed by atoms with van der Waals surface area (Å²) in [6.07, 6.45) is 3.39. The monoisotopic (exact) mass is 428 g/mol. The van der Waals surface area contributed by atoms with Gasteiger partial charge in [0.1, 0.15) is 36.6 Å². The van der Waals surface area contributed by atoms with Crippen molar-refractivity contribution in [2.24, 2.45) is 0 Å². The van der Waals surface area contributed by atoms with E-state index in [0.29, 0.717) is 6.54 Å². The lowest BCUT2D eigenvalue weighted by Crippen LogP contribution is -2.33. The van der Waals surface area contributed by atoms with Crippen LogP contribution in [0.15, 0.2) is 48.5 Å². The molecule has 1 aliphatic heterocycles. The van der Waals surface area contributed by atoms with E-state index in [1.54, 1.807) is 7.11 Å². The molecular weight excluding hydrogens is 392 g/mol. The molecule has 0 aromatic heterocycles. The first kappa shape index (κ1) is 23.4. The van der Waals surface area contributed by atoms with E-state index in [1.165, 1.54) is 37.9 Å². The quantitative estimate of drug-likeness (QED) is 0.559. The number of nitrogens with zero attached hydrogens (tertiary/aromatic N) is 2. The zero-order valence-corrected chi connectivity index (χ0v) is 18.8. The van der Waals surface area contributed by atoms with Gasteiger partial charge in [-0.25, -0.2) is 0 Å². The fourth-order valence-corrected chi connectivity index (χ4v) is 3.86. The van der Waals surface area contributed by atoms with Crippen molar-refractivity contribution in [1.82, 2.24) is 9.80 Å². The molecule has 2 aromatic carbocycles. The second kappa shape index (κ2) is 12.5. The van der Waals surface area contributed by atoms with E-state index in [2.05, 4.69) is 21.9 Å². The highest BCUT2D eigenvalue weighted by Crippen LogP contribution is 2.18. The van der Waals surface area contributed by atoms with E-state index < -0.39 is 6.10 Å². The summed E-state index contributed by atoms with van der Waals surface area (Å²) in [5.41, 5.74) is 1.17. The molecule has 0 amide bonds. The van der Waals surface area contributed by atoms with Crippen LogP contribution in [0.25, 0.3) is 0 Å². The summed E-state index contributed by atoms with van der Waals surface area (Å²) in [6, 6.07) is 15.6. The number of ether oxygens (including phenoxy) is 3. The molecule has 6 heteroatoms. The van der Waals surface area contributed by atoms with E-state index in [4.69, 9.17) is 14.2 Å². The molecular formula is C25H36N2O4. The summed E-state index contributed by atoms with van der Waals surface area (Å²) in [5, 5.41) is 10.3. The highest BCUT2D eigenvalue weighted by atomic mass is 16.5. The summed E-state index contributed by atoms with van der Waals surface area (Å²) < 4.78 is 16.8. The Kier molecular flexibility index (Phi) is 9.46. The van der Waals surface area contributed by atoms with Gasteiger partial charge in [0.2, 0.25) is 0 Å². The van der Waals surface area contributed by atoms with Crippen LogP contribution in [0.5, 0.6) is 17.2 Å². The van der Waals surface area contributed by atoms with Crippen LogP contribution >= 0.6 is 0 Å². The lowest BCUT2D eigenvalue weighted by molar-refractivity contribution is 0.0743. The first-order valence-corrected chi connectivity index (χ1v) is 11.2. The first-order valence-electron chi connectivity index (χ1n) is 11.2. The van der Waals surface area contributed by atoms with Crippen LogP contribution in [0.3, 0.4) is 0 Å². The van der Waals surface area contributed by atoms with E-state index >= 15 is 0 Å². The number of benzene rings is 2. The molecule has 0 saturated carbocycles. The third-order valence-corrected chi connectivity index (χ3v) is 5.50. The number of hydrogen-bond donors (Lipinski definition) is 1. The van der Waals surface area contributed by atoms with Crippen LogP contribution in [-0.4, -0.2) is 74.6 Å². The summed E-state index contributed by atoms with van der Waals surface area (Å²) in [6.45, 7) is 5.61. The highest BCUT2D eigenvalue weighted by Gasteiger charge is 2.12. The molecule has 6 nitrogen and oxygen atoms in total. The smallest absolute Gasteiger partial charge is 0.119 e. The number of likely N-dealkylation sites (tertiary alicyclic amines) is 1. The first-order chi connectivity index (χ1) is 15.1. The third kappa shape index (κ3) is 8.40. The average molecular weight is 429 g/mol. The van der Waals surface area contributed by atoms with Crippen LogP contribution in [0, 0.1) is 0 Å². The number of hydrogen-bond acceptors (Lipinski definition) is 6. The van der Waals surface area contributed by atoms with Crippen molar-refractivity contribution >= 4 is 0 Å². The van der Waals surface area contributed by atoms with Gasteiger partial charge in [0, 0.05) is 19.6 Å². The SMILES string of the molecule is COc1ccc(OC[C@H](O)CN(C)Cc2cccc(OCCN3CCCCC3)c2)cc1. The topological polar surface area (TPSA) is 54.4 Å². The Morgan fingerprint density at radius 1 is 0.968 bits per heavy atom. The molecule has 31 heavy (non-hydrogen) atoms. The van der Waals surface area contributed by atoms with E-state index in [9.17, 15) is 5.11 Å². The normalized spacial score (nSPS) is 15.6. The van der Waals surface area contributed by atoms with Gasteiger partial charge in [-0.15, -0.1) is 0 Å². The number of likely N-dealkylation sites (N-methyl/N-ethyl adjacent to an activating group) is 1. The van der Waals surface area contributed by atoms with Gasteiger partial charge < -0.3 is 19.3 Å². The maximum absolute atomic E-state index is 10.3. The maximum atomic E-state index is 10.3. The minimum Gasteiger partial charge on any atom is -0.497 e.